The van der Waals surface area contributed by atoms with Crippen molar-refractivity contribution in [1.82, 2.24) is 5.32 Å². The van der Waals surface area contributed by atoms with Gasteiger partial charge in [0.2, 0.25) is 0 Å². The van der Waals surface area contributed by atoms with Gasteiger partial charge >= 0.3 is 0 Å². The molecule has 0 radical (unpaired) electrons. The second-order valence-corrected chi connectivity index (χ2v) is 5.52. The molecule has 1 saturated heterocycles. The first-order valence-corrected chi connectivity index (χ1v) is 6.10. The van der Waals surface area contributed by atoms with E-state index >= 15 is 0 Å². The molecular weight excluding hydrogens is 224 g/mol. The highest BCUT2D eigenvalue weighted by Crippen LogP contribution is 2.26. The monoisotopic (exact) mass is 242 g/mol. The number of benzene rings is 1. The summed E-state index contributed by atoms with van der Waals surface area (Å²) in [6, 6.07) is 10.7. The van der Waals surface area contributed by atoms with Crippen molar-refractivity contribution >= 4 is 0 Å². The Morgan fingerprint density at radius 3 is 2.56 bits per heavy atom. The van der Waals surface area contributed by atoms with Crippen LogP contribution < -0.4 is 5.32 Å². The molecule has 0 spiro atoms. The molecule has 1 atom stereocenters. The molecule has 3 nitrogen and oxygen atoms in total. The minimum Gasteiger partial charge on any atom is -0.476 e. The molecule has 1 fully saturated rings. The van der Waals surface area contributed by atoms with Crippen LogP contribution in [-0.4, -0.2) is 6.61 Å². The van der Waals surface area contributed by atoms with Gasteiger partial charge in [-0.05, 0) is 16.5 Å². The van der Waals surface area contributed by atoms with E-state index in [1.807, 2.05) is 6.07 Å². The predicted octanol–water partition coefficient (Wildman–Crippen LogP) is 3.01. The van der Waals surface area contributed by atoms with E-state index in [2.05, 4.69) is 50.4 Å². The summed E-state index contributed by atoms with van der Waals surface area (Å²) in [5.41, 5.74) is 2.67. The largest absolute Gasteiger partial charge is 0.476 e. The van der Waals surface area contributed by atoms with Gasteiger partial charge < -0.3 is 10.1 Å². The highest BCUT2D eigenvalue weighted by atomic mass is 16.5. The van der Waals surface area contributed by atoms with Crippen LogP contribution >= 0.6 is 0 Å². The second kappa shape index (κ2) is 4.73. The van der Waals surface area contributed by atoms with Gasteiger partial charge in [0.1, 0.15) is 6.61 Å². The maximum atomic E-state index is 8.56. The summed E-state index contributed by atoms with van der Waals surface area (Å²) < 4.78 is 5.39. The number of hydrogen-bond acceptors (Lipinski definition) is 3. The van der Waals surface area contributed by atoms with Crippen molar-refractivity contribution in [2.75, 3.05) is 6.61 Å². The van der Waals surface area contributed by atoms with E-state index in [9.17, 15) is 0 Å². The van der Waals surface area contributed by atoms with Gasteiger partial charge in [-0.3, -0.25) is 0 Å². The molecule has 0 aliphatic carbocycles. The Balaban J connectivity index is 2.13. The highest BCUT2D eigenvalue weighted by molar-refractivity contribution is 5.30. The van der Waals surface area contributed by atoms with Crippen LogP contribution in [0.1, 0.15) is 37.9 Å². The number of rotatable bonds is 1. The van der Waals surface area contributed by atoms with Gasteiger partial charge in [0.25, 0.3) is 0 Å². The first kappa shape index (κ1) is 12.5. The third-order valence-corrected chi connectivity index (χ3v) is 3.10. The zero-order valence-electron chi connectivity index (χ0n) is 11.0. The molecule has 0 aromatic heterocycles. The van der Waals surface area contributed by atoms with Crippen molar-refractivity contribution in [2.24, 2.45) is 0 Å². The van der Waals surface area contributed by atoms with E-state index in [0.29, 0.717) is 12.5 Å². The third-order valence-electron chi connectivity index (χ3n) is 3.10. The van der Waals surface area contributed by atoms with Crippen LogP contribution in [0.5, 0.6) is 0 Å². The lowest BCUT2D eigenvalue weighted by Gasteiger charge is -2.19. The number of allylic oxidation sites excluding steroid dienone is 1. The summed E-state index contributed by atoms with van der Waals surface area (Å²) in [6.07, 6.45) is 1.39. The van der Waals surface area contributed by atoms with Crippen LogP contribution in [0.2, 0.25) is 0 Å². The standard InChI is InChI=1S/C15H18N2O/c1-15(2,3)12-6-4-11(5-7-12)13-10-18-14(17-13)8-9-16/h4-8,13,17H,10H2,1-3H3/t13-/m0/s1. The van der Waals surface area contributed by atoms with Crippen LogP contribution in [0.3, 0.4) is 0 Å². The van der Waals surface area contributed by atoms with E-state index in [1.54, 1.807) is 0 Å². The van der Waals surface area contributed by atoms with Gasteiger partial charge in [-0.25, -0.2) is 0 Å². The van der Waals surface area contributed by atoms with E-state index < -0.39 is 0 Å². The smallest absolute Gasteiger partial charge is 0.198 e. The van der Waals surface area contributed by atoms with Crippen LogP contribution in [0.15, 0.2) is 36.2 Å². The van der Waals surface area contributed by atoms with E-state index in [-0.39, 0.29) is 11.5 Å². The van der Waals surface area contributed by atoms with E-state index in [4.69, 9.17) is 10.00 Å². The van der Waals surface area contributed by atoms with Crippen molar-refractivity contribution in [3.8, 4) is 6.07 Å². The zero-order valence-corrected chi connectivity index (χ0v) is 11.0. The first-order valence-electron chi connectivity index (χ1n) is 6.10. The molecular formula is C15H18N2O. The van der Waals surface area contributed by atoms with E-state index in [1.165, 1.54) is 17.2 Å². The molecule has 1 heterocycles. The zero-order chi connectivity index (χ0) is 13.2. The average Bonchev–Trinajstić information content (AvgIpc) is 2.77. The minimum absolute atomic E-state index is 0.138. The average molecular weight is 242 g/mol. The number of hydrogen-bond donors (Lipinski definition) is 1. The fourth-order valence-electron chi connectivity index (χ4n) is 1.97. The van der Waals surface area contributed by atoms with Crippen LogP contribution in [0, 0.1) is 11.3 Å². The molecule has 0 saturated carbocycles. The SMILES string of the molecule is CC(C)(C)c1ccc([C@@H]2COC(=CC#N)N2)cc1. The summed E-state index contributed by atoms with van der Waals surface area (Å²) in [7, 11) is 0. The summed E-state index contributed by atoms with van der Waals surface area (Å²) in [4.78, 5) is 0. The Morgan fingerprint density at radius 2 is 2.00 bits per heavy atom. The maximum absolute atomic E-state index is 8.56. The third kappa shape index (κ3) is 2.65. The van der Waals surface area contributed by atoms with Crippen molar-refractivity contribution in [1.29, 1.82) is 5.26 Å². The maximum Gasteiger partial charge on any atom is 0.198 e. The first-order chi connectivity index (χ1) is 8.50. The molecule has 1 aliphatic rings. The Labute approximate surface area is 108 Å². The lowest BCUT2D eigenvalue weighted by Crippen LogP contribution is -2.15. The lowest BCUT2D eigenvalue weighted by atomic mass is 9.86. The lowest BCUT2D eigenvalue weighted by molar-refractivity contribution is 0.255. The fourth-order valence-corrected chi connectivity index (χ4v) is 1.97. The molecule has 2 rings (SSSR count). The molecule has 0 bridgehead atoms. The van der Waals surface area contributed by atoms with Gasteiger partial charge in [0, 0.05) is 0 Å². The normalized spacial score (nSPS) is 21.2. The van der Waals surface area contributed by atoms with Crippen molar-refractivity contribution in [2.45, 2.75) is 32.2 Å². The molecule has 1 aromatic rings. The number of nitriles is 1. The summed E-state index contributed by atoms with van der Waals surface area (Å²) in [5, 5.41) is 11.7. The topological polar surface area (TPSA) is 45.0 Å². The van der Waals surface area contributed by atoms with E-state index in [0.717, 1.165) is 0 Å². The number of nitrogens with zero attached hydrogens (tertiary/aromatic N) is 1. The highest BCUT2D eigenvalue weighted by Gasteiger charge is 2.21. The molecule has 94 valence electrons. The molecule has 3 heteroatoms. The van der Waals surface area contributed by atoms with Gasteiger partial charge in [0.05, 0.1) is 18.2 Å². The number of ether oxygens (including phenoxy) is 1. The quantitative estimate of drug-likeness (QED) is 0.770. The van der Waals surface area contributed by atoms with Gasteiger partial charge in [-0.1, -0.05) is 45.0 Å². The minimum atomic E-state index is 0.138. The van der Waals surface area contributed by atoms with Crippen LogP contribution in [-0.2, 0) is 10.2 Å². The van der Waals surface area contributed by atoms with Gasteiger partial charge in [-0.15, -0.1) is 0 Å². The fraction of sp³-hybridized carbons (Fsp3) is 0.400. The Bertz CT molecular complexity index is 489. The Hall–Kier alpha value is -1.95. The molecule has 18 heavy (non-hydrogen) atoms. The van der Waals surface area contributed by atoms with Gasteiger partial charge in [-0.2, -0.15) is 5.26 Å². The Morgan fingerprint density at radius 1 is 1.33 bits per heavy atom. The van der Waals surface area contributed by atoms with Crippen LogP contribution in [0.25, 0.3) is 0 Å². The summed E-state index contributed by atoms with van der Waals surface area (Å²) >= 11 is 0. The Kier molecular flexibility index (Phi) is 3.29. The predicted molar refractivity (Wildman–Crippen MR) is 70.7 cm³/mol. The van der Waals surface area contributed by atoms with Gasteiger partial charge in [0.15, 0.2) is 5.88 Å². The second-order valence-electron chi connectivity index (χ2n) is 5.52. The van der Waals surface area contributed by atoms with Crippen molar-refractivity contribution in [3.63, 3.8) is 0 Å². The molecule has 0 unspecified atom stereocenters. The molecule has 0 amide bonds. The number of nitrogens with one attached hydrogen (secondary N) is 1. The van der Waals surface area contributed by atoms with Crippen LogP contribution in [0.4, 0.5) is 0 Å². The van der Waals surface area contributed by atoms with Crippen molar-refractivity contribution in [3.05, 3.63) is 47.4 Å². The van der Waals surface area contributed by atoms with Crippen molar-refractivity contribution < 1.29 is 4.74 Å². The summed E-state index contributed by atoms with van der Waals surface area (Å²) in [5.74, 6) is 0.558. The molecule has 1 aliphatic heterocycles. The summed E-state index contributed by atoms with van der Waals surface area (Å²) in [6.45, 7) is 7.18. The molecule has 1 N–H and O–H groups in total. The molecule has 1 aromatic carbocycles.